The lowest BCUT2D eigenvalue weighted by atomic mass is 9.91. The minimum absolute atomic E-state index is 0.990. The van der Waals surface area contributed by atoms with Crippen LogP contribution in [0, 0.1) is 0 Å². The standard InChI is InChI=1S/C41H32/c1-30(36-24-38(32-15-7-3-8-16-32)28-39(25-36)33-17-9-4-10-18-33)23-31(2)37-26-40(34-19-11-5-12-20-34)29-41(27-37)35-21-13-6-14-22-35/h3-29H,1H2,2H3/b31-23+. The van der Waals surface area contributed by atoms with Crippen molar-refractivity contribution < 1.29 is 0 Å². The topological polar surface area (TPSA) is 0 Å². The fourth-order valence-corrected chi connectivity index (χ4v) is 5.29. The van der Waals surface area contributed by atoms with Crippen molar-refractivity contribution in [3.63, 3.8) is 0 Å². The Hall–Kier alpha value is -5.20. The molecule has 6 aromatic carbocycles. The summed E-state index contributed by atoms with van der Waals surface area (Å²) in [5, 5.41) is 0. The number of hydrogen-bond donors (Lipinski definition) is 0. The van der Waals surface area contributed by atoms with E-state index in [1.165, 1.54) is 55.6 Å². The molecule has 0 fully saturated rings. The van der Waals surface area contributed by atoms with Crippen LogP contribution < -0.4 is 0 Å². The SMILES string of the molecule is C=C(/C=C(\C)c1cc(-c2ccccc2)cc(-c2ccccc2)c1)c1cc(-c2ccccc2)cc(-c2ccccc2)c1. The minimum Gasteiger partial charge on any atom is -0.0911 e. The van der Waals surface area contributed by atoms with Crippen molar-refractivity contribution in [1.82, 2.24) is 0 Å². The molecular weight excluding hydrogens is 492 g/mol. The molecule has 0 amide bonds. The van der Waals surface area contributed by atoms with Gasteiger partial charge in [-0.1, -0.05) is 134 Å². The first-order valence-electron chi connectivity index (χ1n) is 14.0. The van der Waals surface area contributed by atoms with E-state index in [0.29, 0.717) is 0 Å². The monoisotopic (exact) mass is 524 g/mol. The van der Waals surface area contributed by atoms with Gasteiger partial charge >= 0.3 is 0 Å². The molecule has 0 bridgehead atoms. The molecule has 0 aliphatic heterocycles. The van der Waals surface area contributed by atoms with Gasteiger partial charge in [0.1, 0.15) is 0 Å². The van der Waals surface area contributed by atoms with Crippen LogP contribution in [0.2, 0.25) is 0 Å². The molecule has 0 aromatic heterocycles. The van der Waals surface area contributed by atoms with Gasteiger partial charge in [0.2, 0.25) is 0 Å². The zero-order valence-corrected chi connectivity index (χ0v) is 23.3. The van der Waals surface area contributed by atoms with Crippen molar-refractivity contribution in [2.45, 2.75) is 6.92 Å². The molecule has 41 heavy (non-hydrogen) atoms. The van der Waals surface area contributed by atoms with Gasteiger partial charge in [0.15, 0.2) is 0 Å². The molecule has 6 rings (SSSR count). The average Bonchev–Trinajstić information content (AvgIpc) is 3.06. The summed E-state index contributed by atoms with van der Waals surface area (Å²) >= 11 is 0. The Labute approximate surface area is 243 Å². The molecule has 6 aromatic rings. The molecule has 0 saturated heterocycles. The van der Waals surface area contributed by atoms with E-state index in [4.69, 9.17) is 0 Å². The number of benzene rings is 6. The van der Waals surface area contributed by atoms with Crippen LogP contribution in [0.5, 0.6) is 0 Å². The Morgan fingerprint density at radius 3 is 1.00 bits per heavy atom. The first-order chi connectivity index (χ1) is 20.1. The maximum Gasteiger partial charge on any atom is -0.0172 e. The molecule has 0 heterocycles. The van der Waals surface area contributed by atoms with Crippen molar-refractivity contribution in [3.8, 4) is 44.5 Å². The van der Waals surface area contributed by atoms with E-state index in [0.717, 1.165) is 11.1 Å². The highest BCUT2D eigenvalue weighted by atomic mass is 14.1. The predicted octanol–water partition coefficient (Wildman–Crippen LogP) is 11.5. The molecule has 0 aliphatic rings. The molecule has 0 unspecified atom stereocenters. The Morgan fingerprint density at radius 1 is 0.390 bits per heavy atom. The Balaban J connectivity index is 1.43. The van der Waals surface area contributed by atoms with Crippen LogP contribution in [0.4, 0.5) is 0 Å². The van der Waals surface area contributed by atoms with Gasteiger partial charge in [-0.3, -0.25) is 0 Å². The summed E-state index contributed by atoms with van der Waals surface area (Å²) in [7, 11) is 0. The van der Waals surface area contributed by atoms with Crippen LogP contribution in [-0.2, 0) is 0 Å². The van der Waals surface area contributed by atoms with Crippen molar-refractivity contribution in [2.24, 2.45) is 0 Å². The predicted molar refractivity (Wildman–Crippen MR) is 177 cm³/mol. The molecule has 196 valence electrons. The Kier molecular flexibility index (Phi) is 7.56. The second-order valence-electron chi connectivity index (χ2n) is 10.4. The van der Waals surface area contributed by atoms with Crippen LogP contribution >= 0.6 is 0 Å². The van der Waals surface area contributed by atoms with Gasteiger partial charge in [-0.2, -0.15) is 0 Å². The van der Waals surface area contributed by atoms with E-state index in [2.05, 4.69) is 177 Å². The third-order valence-electron chi connectivity index (χ3n) is 7.51. The van der Waals surface area contributed by atoms with Crippen LogP contribution in [-0.4, -0.2) is 0 Å². The first kappa shape index (κ1) is 26.0. The first-order valence-corrected chi connectivity index (χ1v) is 14.0. The summed E-state index contributed by atoms with van der Waals surface area (Å²) in [5.41, 5.74) is 14.1. The quantitative estimate of drug-likeness (QED) is 0.182. The van der Waals surface area contributed by atoms with Crippen LogP contribution in [0.15, 0.2) is 170 Å². The second-order valence-corrected chi connectivity index (χ2v) is 10.4. The molecule has 0 aliphatic carbocycles. The lowest BCUT2D eigenvalue weighted by Gasteiger charge is -2.14. The van der Waals surface area contributed by atoms with E-state index >= 15 is 0 Å². The highest BCUT2D eigenvalue weighted by Gasteiger charge is 2.10. The van der Waals surface area contributed by atoms with Gasteiger partial charge in [-0.25, -0.2) is 0 Å². The fourth-order valence-electron chi connectivity index (χ4n) is 5.29. The van der Waals surface area contributed by atoms with E-state index in [-0.39, 0.29) is 0 Å². The molecule has 0 nitrogen and oxygen atoms in total. The number of rotatable bonds is 7. The van der Waals surface area contributed by atoms with Crippen molar-refractivity contribution in [3.05, 3.63) is 182 Å². The van der Waals surface area contributed by atoms with Gasteiger partial charge in [0, 0.05) is 0 Å². The summed E-state index contributed by atoms with van der Waals surface area (Å²) in [6.45, 7) is 6.73. The molecule has 0 saturated carbocycles. The number of hydrogen-bond acceptors (Lipinski definition) is 0. The molecule has 0 spiro atoms. The normalized spacial score (nSPS) is 11.3. The molecular formula is C41H32. The summed E-state index contributed by atoms with van der Waals surface area (Å²) in [6.07, 6.45) is 2.22. The largest absolute Gasteiger partial charge is 0.0911 e. The molecule has 0 N–H and O–H groups in total. The van der Waals surface area contributed by atoms with Crippen LogP contribution in [0.1, 0.15) is 18.1 Å². The zero-order chi connectivity index (χ0) is 28.0. The average molecular weight is 525 g/mol. The van der Waals surface area contributed by atoms with E-state index in [9.17, 15) is 0 Å². The highest BCUT2D eigenvalue weighted by molar-refractivity contribution is 5.88. The maximum absolute atomic E-state index is 4.54. The fraction of sp³-hybridized carbons (Fsp3) is 0.0244. The number of allylic oxidation sites excluding steroid dienone is 3. The van der Waals surface area contributed by atoms with E-state index in [1.807, 2.05) is 0 Å². The van der Waals surface area contributed by atoms with Gasteiger partial charge in [0.05, 0.1) is 0 Å². The zero-order valence-electron chi connectivity index (χ0n) is 23.3. The van der Waals surface area contributed by atoms with Crippen LogP contribution in [0.3, 0.4) is 0 Å². The second kappa shape index (κ2) is 11.9. The maximum atomic E-state index is 4.54. The van der Waals surface area contributed by atoms with E-state index in [1.54, 1.807) is 0 Å². The van der Waals surface area contributed by atoms with Gasteiger partial charge in [-0.15, -0.1) is 0 Å². The van der Waals surface area contributed by atoms with Crippen molar-refractivity contribution >= 4 is 11.1 Å². The Morgan fingerprint density at radius 2 is 0.683 bits per heavy atom. The van der Waals surface area contributed by atoms with Crippen LogP contribution in [0.25, 0.3) is 55.7 Å². The summed E-state index contributed by atoms with van der Waals surface area (Å²) < 4.78 is 0. The van der Waals surface area contributed by atoms with Crippen molar-refractivity contribution in [2.75, 3.05) is 0 Å². The van der Waals surface area contributed by atoms with Gasteiger partial charge in [-0.05, 0) is 110 Å². The summed E-state index contributed by atoms with van der Waals surface area (Å²) in [4.78, 5) is 0. The smallest absolute Gasteiger partial charge is 0.0172 e. The van der Waals surface area contributed by atoms with Gasteiger partial charge < -0.3 is 0 Å². The lowest BCUT2D eigenvalue weighted by Crippen LogP contribution is -1.90. The Bertz CT molecular complexity index is 1690. The molecule has 0 atom stereocenters. The van der Waals surface area contributed by atoms with Gasteiger partial charge in [0.25, 0.3) is 0 Å². The highest BCUT2D eigenvalue weighted by Crippen LogP contribution is 2.34. The molecule has 0 radical (unpaired) electrons. The summed E-state index contributed by atoms with van der Waals surface area (Å²) in [6, 6.07) is 56.0. The lowest BCUT2D eigenvalue weighted by molar-refractivity contribution is 1.52. The third-order valence-corrected chi connectivity index (χ3v) is 7.51. The van der Waals surface area contributed by atoms with Crippen molar-refractivity contribution in [1.29, 1.82) is 0 Å². The minimum atomic E-state index is 0.990. The molecule has 0 heteroatoms. The summed E-state index contributed by atoms with van der Waals surface area (Å²) in [5.74, 6) is 0. The van der Waals surface area contributed by atoms with E-state index < -0.39 is 0 Å². The third kappa shape index (κ3) is 6.03.